The molecule has 0 aliphatic carbocycles. The lowest BCUT2D eigenvalue weighted by atomic mass is 9.95. The SMILES string of the molecule is CCC(C)(CC)NC(=O)c1cc(F)cnc1N. The summed E-state index contributed by atoms with van der Waals surface area (Å²) in [5.41, 5.74) is 5.33. The Morgan fingerprint density at radius 3 is 2.65 bits per heavy atom. The number of hydrogen-bond donors (Lipinski definition) is 2. The molecule has 17 heavy (non-hydrogen) atoms. The molecule has 94 valence electrons. The molecule has 1 aromatic rings. The molecule has 0 saturated heterocycles. The molecule has 0 radical (unpaired) electrons. The Balaban J connectivity index is 2.94. The Kier molecular flexibility index (Phi) is 4.04. The van der Waals surface area contributed by atoms with Gasteiger partial charge in [0, 0.05) is 5.54 Å². The van der Waals surface area contributed by atoms with Gasteiger partial charge < -0.3 is 11.1 Å². The number of carbonyl (C=O) groups excluding carboxylic acids is 1. The third-order valence-electron chi connectivity index (χ3n) is 3.11. The highest BCUT2D eigenvalue weighted by Crippen LogP contribution is 2.16. The molecule has 0 spiro atoms. The van der Waals surface area contributed by atoms with Crippen LogP contribution in [0, 0.1) is 5.82 Å². The van der Waals surface area contributed by atoms with Gasteiger partial charge in [0.1, 0.15) is 11.6 Å². The maximum atomic E-state index is 13.0. The zero-order valence-corrected chi connectivity index (χ0v) is 10.4. The average molecular weight is 239 g/mol. The first-order valence-corrected chi connectivity index (χ1v) is 5.65. The highest BCUT2D eigenvalue weighted by atomic mass is 19.1. The van der Waals surface area contributed by atoms with Gasteiger partial charge >= 0.3 is 0 Å². The van der Waals surface area contributed by atoms with E-state index in [9.17, 15) is 9.18 Å². The number of nitrogen functional groups attached to an aromatic ring is 1. The van der Waals surface area contributed by atoms with Crippen LogP contribution >= 0.6 is 0 Å². The first-order chi connectivity index (χ1) is 7.91. The Hall–Kier alpha value is -1.65. The van der Waals surface area contributed by atoms with E-state index in [4.69, 9.17) is 5.73 Å². The fourth-order valence-electron chi connectivity index (χ4n) is 1.40. The summed E-state index contributed by atoms with van der Waals surface area (Å²) >= 11 is 0. The molecule has 0 bridgehead atoms. The van der Waals surface area contributed by atoms with Gasteiger partial charge in [-0.15, -0.1) is 0 Å². The first kappa shape index (κ1) is 13.4. The molecule has 0 unspecified atom stereocenters. The molecule has 0 aliphatic rings. The lowest BCUT2D eigenvalue weighted by Crippen LogP contribution is -2.45. The number of halogens is 1. The highest BCUT2D eigenvalue weighted by molar-refractivity contribution is 5.98. The van der Waals surface area contributed by atoms with Gasteiger partial charge in [0.15, 0.2) is 0 Å². The minimum Gasteiger partial charge on any atom is -0.383 e. The van der Waals surface area contributed by atoms with Gasteiger partial charge in [-0.3, -0.25) is 4.79 Å². The second-order valence-electron chi connectivity index (χ2n) is 4.31. The second kappa shape index (κ2) is 5.12. The normalized spacial score (nSPS) is 11.3. The number of carbonyl (C=O) groups is 1. The largest absolute Gasteiger partial charge is 0.383 e. The van der Waals surface area contributed by atoms with Crippen LogP contribution in [-0.4, -0.2) is 16.4 Å². The molecule has 4 nitrogen and oxygen atoms in total. The van der Waals surface area contributed by atoms with Crippen LogP contribution in [0.25, 0.3) is 0 Å². The molecule has 1 aromatic heterocycles. The van der Waals surface area contributed by atoms with E-state index in [1.54, 1.807) is 0 Å². The monoisotopic (exact) mass is 239 g/mol. The number of amides is 1. The smallest absolute Gasteiger partial charge is 0.255 e. The average Bonchev–Trinajstić information content (AvgIpc) is 2.32. The molecular formula is C12H18FN3O. The molecule has 0 atom stereocenters. The van der Waals surface area contributed by atoms with Crippen molar-refractivity contribution in [1.82, 2.24) is 10.3 Å². The molecule has 0 saturated carbocycles. The Morgan fingerprint density at radius 1 is 1.53 bits per heavy atom. The van der Waals surface area contributed by atoms with Crippen molar-refractivity contribution in [1.29, 1.82) is 0 Å². The predicted molar refractivity (Wildman–Crippen MR) is 65.1 cm³/mol. The number of hydrogen-bond acceptors (Lipinski definition) is 3. The van der Waals surface area contributed by atoms with E-state index in [2.05, 4.69) is 10.3 Å². The summed E-state index contributed by atoms with van der Waals surface area (Å²) < 4.78 is 13.0. The zero-order chi connectivity index (χ0) is 13.1. The summed E-state index contributed by atoms with van der Waals surface area (Å²) in [6.07, 6.45) is 2.57. The van der Waals surface area contributed by atoms with Crippen molar-refractivity contribution in [3.8, 4) is 0 Å². The van der Waals surface area contributed by atoms with Gasteiger partial charge in [0.25, 0.3) is 5.91 Å². The van der Waals surface area contributed by atoms with Crippen LogP contribution in [0.2, 0.25) is 0 Å². The number of nitrogens with one attached hydrogen (secondary N) is 1. The Morgan fingerprint density at radius 2 is 2.12 bits per heavy atom. The number of anilines is 1. The van der Waals surface area contributed by atoms with E-state index in [0.717, 1.165) is 25.1 Å². The number of nitrogens with zero attached hydrogens (tertiary/aromatic N) is 1. The van der Waals surface area contributed by atoms with E-state index >= 15 is 0 Å². The summed E-state index contributed by atoms with van der Waals surface area (Å²) in [6, 6.07) is 1.10. The quantitative estimate of drug-likeness (QED) is 0.845. The molecule has 5 heteroatoms. The van der Waals surface area contributed by atoms with Crippen molar-refractivity contribution < 1.29 is 9.18 Å². The number of pyridine rings is 1. The van der Waals surface area contributed by atoms with E-state index in [1.165, 1.54) is 0 Å². The van der Waals surface area contributed by atoms with Crippen LogP contribution in [0.5, 0.6) is 0 Å². The van der Waals surface area contributed by atoms with Gasteiger partial charge in [-0.1, -0.05) is 13.8 Å². The maximum absolute atomic E-state index is 13.0. The summed E-state index contributed by atoms with van der Waals surface area (Å²) in [4.78, 5) is 15.6. The van der Waals surface area contributed by atoms with Crippen LogP contribution in [-0.2, 0) is 0 Å². The topological polar surface area (TPSA) is 68.0 Å². The summed E-state index contributed by atoms with van der Waals surface area (Å²) in [7, 11) is 0. The Bertz CT molecular complexity index is 416. The van der Waals surface area contributed by atoms with Crippen LogP contribution in [0.4, 0.5) is 10.2 Å². The van der Waals surface area contributed by atoms with Crippen LogP contribution in [0.3, 0.4) is 0 Å². The lowest BCUT2D eigenvalue weighted by Gasteiger charge is -2.28. The van der Waals surface area contributed by atoms with Gasteiger partial charge in [-0.2, -0.15) is 0 Å². The molecule has 0 fully saturated rings. The summed E-state index contributed by atoms with van der Waals surface area (Å²) in [6.45, 7) is 5.90. The first-order valence-electron chi connectivity index (χ1n) is 5.65. The van der Waals surface area contributed by atoms with Gasteiger partial charge in [-0.05, 0) is 25.8 Å². The van der Waals surface area contributed by atoms with E-state index in [1.807, 2.05) is 20.8 Å². The van der Waals surface area contributed by atoms with E-state index < -0.39 is 5.82 Å². The van der Waals surface area contributed by atoms with Crippen molar-refractivity contribution in [2.24, 2.45) is 0 Å². The van der Waals surface area contributed by atoms with Gasteiger partial charge in [-0.25, -0.2) is 9.37 Å². The predicted octanol–water partition coefficient (Wildman–Crippen LogP) is 2.11. The van der Waals surface area contributed by atoms with Crippen molar-refractivity contribution >= 4 is 11.7 Å². The number of aromatic nitrogens is 1. The van der Waals surface area contributed by atoms with Crippen molar-refractivity contribution in [3.63, 3.8) is 0 Å². The maximum Gasteiger partial charge on any atom is 0.255 e. The molecular weight excluding hydrogens is 221 g/mol. The van der Waals surface area contributed by atoms with Gasteiger partial charge in [0.05, 0.1) is 11.8 Å². The summed E-state index contributed by atoms with van der Waals surface area (Å²) in [5, 5.41) is 2.85. The van der Waals surface area contributed by atoms with Crippen LogP contribution in [0.1, 0.15) is 44.0 Å². The fourth-order valence-corrected chi connectivity index (χ4v) is 1.40. The number of rotatable bonds is 4. The summed E-state index contributed by atoms with van der Waals surface area (Å²) in [5.74, 6) is -0.918. The lowest BCUT2D eigenvalue weighted by molar-refractivity contribution is 0.0901. The standard InChI is InChI=1S/C12H18FN3O/c1-4-12(3,5-2)16-11(17)9-6-8(13)7-15-10(9)14/h6-7H,4-5H2,1-3H3,(H2,14,15)(H,16,17). The molecule has 1 amide bonds. The second-order valence-corrected chi connectivity index (χ2v) is 4.31. The van der Waals surface area contributed by atoms with Crippen molar-refractivity contribution in [3.05, 3.63) is 23.6 Å². The molecule has 1 heterocycles. The minimum atomic E-state index is -0.570. The van der Waals surface area contributed by atoms with Crippen LogP contribution in [0.15, 0.2) is 12.3 Å². The minimum absolute atomic E-state index is 0.0402. The van der Waals surface area contributed by atoms with Gasteiger partial charge in [0.2, 0.25) is 0 Å². The highest BCUT2D eigenvalue weighted by Gasteiger charge is 2.24. The Labute approximate surface area is 100 Å². The van der Waals surface area contributed by atoms with E-state index in [-0.39, 0.29) is 22.8 Å². The molecule has 0 aliphatic heterocycles. The third kappa shape index (κ3) is 3.15. The van der Waals surface area contributed by atoms with E-state index in [0.29, 0.717) is 0 Å². The zero-order valence-electron chi connectivity index (χ0n) is 10.4. The van der Waals surface area contributed by atoms with Crippen molar-refractivity contribution in [2.45, 2.75) is 39.2 Å². The molecule has 3 N–H and O–H groups in total. The van der Waals surface area contributed by atoms with Crippen LogP contribution < -0.4 is 11.1 Å². The molecule has 0 aromatic carbocycles. The third-order valence-corrected chi connectivity index (χ3v) is 3.11. The number of nitrogens with two attached hydrogens (primary N) is 1. The molecule has 1 rings (SSSR count). The van der Waals surface area contributed by atoms with Crippen molar-refractivity contribution in [2.75, 3.05) is 5.73 Å². The fraction of sp³-hybridized carbons (Fsp3) is 0.500.